The predicted octanol–water partition coefficient (Wildman–Crippen LogP) is 1.73. The summed E-state index contributed by atoms with van der Waals surface area (Å²) in [6.45, 7) is 9.15. The second kappa shape index (κ2) is 7.54. The van der Waals surface area contributed by atoms with Crippen LogP contribution in [0.15, 0.2) is 4.52 Å². The third-order valence-electron chi connectivity index (χ3n) is 4.01. The number of hydrogen-bond acceptors (Lipinski definition) is 5. The van der Waals surface area contributed by atoms with Crippen LogP contribution in [0.4, 0.5) is 0 Å². The maximum Gasteiger partial charge on any atom is 0.227 e. The summed E-state index contributed by atoms with van der Waals surface area (Å²) in [6, 6.07) is 0.495. The smallest absolute Gasteiger partial charge is 0.227 e. The molecule has 0 unspecified atom stereocenters. The van der Waals surface area contributed by atoms with Crippen molar-refractivity contribution in [2.75, 3.05) is 19.6 Å². The number of likely N-dealkylation sites (N-methyl/N-ethyl adjacent to an activating group) is 1. The average Bonchev–Trinajstić information content (AvgIpc) is 3.11. The van der Waals surface area contributed by atoms with E-state index in [1.165, 1.54) is 12.8 Å². The van der Waals surface area contributed by atoms with Crippen molar-refractivity contribution in [3.63, 3.8) is 0 Å². The number of nitrogens with zero attached hydrogens (tertiary/aromatic N) is 3. The van der Waals surface area contributed by atoms with E-state index in [2.05, 4.69) is 27.3 Å². The lowest BCUT2D eigenvalue weighted by molar-refractivity contribution is -0.121. The molecule has 1 fully saturated rings. The van der Waals surface area contributed by atoms with Crippen LogP contribution in [0.25, 0.3) is 0 Å². The molecular weight excluding hydrogens is 268 g/mol. The molecule has 1 aliphatic heterocycles. The van der Waals surface area contributed by atoms with Crippen molar-refractivity contribution in [2.45, 2.75) is 58.4 Å². The number of carbonyl (C=O) groups is 1. The summed E-state index contributed by atoms with van der Waals surface area (Å²) in [4.78, 5) is 18.6. The molecule has 0 spiro atoms. The second-order valence-electron chi connectivity index (χ2n) is 5.93. The van der Waals surface area contributed by atoms with E-state index in [9.17, 15) is 4.79 Å². The van der Waals surface area contributed by atoms with Crippen LogP contribution < -0.4 is 5.32 Å². The maximum atomic E-state index is 11.9. The van der Waals surface area contributed by atoms with Gasteiger partial charge in [0.1, 0.15) is 0 Å². The maximum absolute atomic E-state index is 11.9. The van der Waals surface area contributed by atoms with Gasteiger partial charge in [-0.3, -0.25) is 9.69 Å². The van der Waals surface area contributed by atoms with Crippen molar-refractivity contribution in [1.29, 1.82) is 0 Å². The Labute approximate surface area is 126 Å². The Hall–Kier alpha value is -1.43. The highest BCUT2D eigenvalue weighted by Crippen LogP contribution is 2.15. The first-order valence-corrected chi connectivity index (χ1v) is 7.93. The topological polar surface area (TPSA) is 71.3 Å². The lowest BCUT2D eigenvalue weighted by Crippen LogP contribution is -2.40. The largest absolute Gasteiger partial charge is 0.355 e. The summed E-state index contributed by atoms with van der Waals surface area (Å²) in [7, 11) is 0. The predicted molar refractivity (Wildman–Crippen MR) is 80.0 cm³/mol. The van der Waals surface area contributed by atoms with Gasteiger partial charge in [-0.25, -0.2) is 0 Å². The van der Waals surface area contributed by atoms with Gasteiger partial charge in [-0.05, 0) is 25.9 Å². The number of rotatable bonds is 7. The molecule has 6 heteroatoms. The Bertz CT molecular complexity index is 458. The van der Waals surface area contributed by atoms with Crippen molar-refractivity contribution in [1.82, 2.24) is 20.4 Å². The minimum absolute atomic E-state index is 0.0576. The molecule has 1 saturated heterocycles. The summed E-state index contributed by atoms with van der Waals surface area (Å²) < 4.78 is 5.14. The number of carbonyl (C=O) groups excluding carboxylic acids is 1. The summed E-state index contributed by atoms with van der Waals surface area (Å²) >= 11 is 0. The highest BCUT2D eigenvalue weighted by atomic mass is 16.5. The standard InChI is InChI=1S/C15H26N4O2/c1-4-19-9-5-6-12(19)10-16-13(20)7-8-14-17-15(11(2)3)18-21-14/h11-12H,4-10H2,1-3H3,(H,16,20)/t12-/m1/s1. The van der Waals surface area contributed by atoms with E-state index in [4.69, 9.17) is 4.52 Å². The van der Waals surface area contributed by atoms with Crippen LogP contribution in [-0.4, -0.2) is 46.6 Å². The molecule has 6 nitrogen and oxygen atoms in total. The Morgan fingerprint density at radius 2 is 2.33 bits per heavy atom. The van der Waals surface area contributed by atoms with E-state index in [1.54, 1.807) is 0 Å². The first-order valence-electron chi connectivity index (χ1n) is 7.93. The van der Waals surface area contributed by atoms with Crippen molar-refractivity contribution in [3.05, 3.63) is 11.7 Å². The fraction of sp³-hybridized carbons (Fsp3) is 0.800. The zero-order chi connectivity index (χ0) is 15.2. The van der Waals surface area contributed by atoms with Gasteiger partial charge in [0, 0.05) is 31.3 Å². The summed E-state index contributed by atoms with van der Waals surface area (Å²) in [5.74, 6) is 1.56. The lowest BCUT2D eigenvalue weighted by atomic mass is 10.2. The van der Waals surface area contributed by atoms with Crippen LogP contribution in [0.3, 0.4) is 0 Å². The minimum Gasteiger partial charge on any atom is -0.355 e. The lowest BCUT2D eigenvalue weighted by Gasteiger charge is -2.22. The molecule has 1 amide bonds. The number of nitrogens with one attached hydrogen (secondary N) is 1. The van der Waals surface area contributed by atoms with Crippen molar-refractivity contribution >= 4 is 5.91 Å². The van der Waals surface area contributed by atoms with Crippen LogP contribution in [-0.2, 0) is 11.2 Å². The molecular formula is C15H26N4O2. The zero-order valence-corrected chi connectivity index (χ0v) is 13.3. The Kier molecular flexibility index (Phi) is 5.73. The molecule has 0 aliphatic carbocycles. The molecule has 2 heterocycles. The van der Waals surface area contributed by atoms with Gasteiger partial charge in [0.25, 0.3) is 0 Å². The van der Waals surface area contributed by atoms with E-state index < -0.39 is 0 Å². The Morgan fingerprint density at radius 1 is 1.52 bits per heavy atom. The average molecular weight is 294 g/mol. The van der Waals surface area contributed by atoms with Gasteiger partial charge < -0.3 is 9.84 Å². The number of aromatic nitrogens is 2. The fourth-order valence-corrected chi connectivity index (χ4v) is 2.69. The van der Waals surface area contributed by atoms with Crippen LogP contribution in [0.1, 0.15) is 57.7 Å². The highest BCUT2D eigenvalue weighted by Gasteiger charge is 2.23. The van der Waals surface area contributed by atoms with E-state index in [1.807, 2.05) is 13.8 Å². The molecule has 0 radical (unpaired) electrons. The van der Waals surface area contributed by atoms with E-state index in [0.717, 1.165) is 19.6 Å². The Balaban J connectivity index is 1.69. The van der Waals surface area contributed by atoms with Crippen LogP contribution in [0.2, 0.25) is 0 Å². The molecule has 2 rings (SSSR count). The molecule has 1 N–H and O–H groups in total. The highest BCUT2D eigenvalue weighted by molar-refractivity contribution is 5.76. The monoisotopic (exact) mass is 294 g/mol. The molecule has 1 aromatic rings. The molecule has 21 heavy (non-hydrogen) atoms. The number of aryl methyl sites for hydroxylation is 1. The van der Waals surface area contributed by atoms with Gasteiger partial charge in [-0.15, -0.1) is 0 Å². The van der Waals surface area contributed by atoms with Gasteiger partial charge in [0.05, 0.1) is 0 Å². The van der Waals surface area contributed by atoms with Crippen LogP contribution >= 0.6 is 0 Å². The number of hydrogen-bond donors (Lipinski definition) is 1. The van der Waals surface area contributed by atoms with Gasteiger partial charge >= 0.3 is 0 Å². The SMILES string of the molecule is CCN1CCC[C@@H]1CNC(=O)CCc1nc(C(C)C)no1. The van der Waals surface area contributed by atoms with Crippen LogP contribution in [0, 0.1) is 0 Å². The minimum atomic E-state index is 0.0576. The molecule has 0 saturated carbocycles. The summed E-state index contributed by atoms with van der Waals surface area (Å²) in [6.07, 6.45) is 3.32. The van der Waals surface area contributed by atoms with E-state index in [0.29, 0.717) is 30.6 Å². The van der Waals surface area contributed by atoms with Crippen molar-refractivity contribution in [2.24, 2.45) is 0 Å². The van der Waals surface area contributed by atoms with Gasteiger partial charge in [0.15, 0.2) is 5.82 Å². The molecule has 1 atom stereocenters. The Morgan fingerprint density at radius 3 is 3.00 bits per heavy atom. The summed E-state index contributed by atoms with van der Waals surface area (Å²) in [5, 5.41) is 6.92. The molecule has 118 valence electrons. The van der Waals surface area contributed by atoms with Crippen molar-refractivity contribution < 1.29 is 9.32 Å². The van der Waals surface area contributed by atoms with Crippen molar-refractivity contribution in [3.8, 4) is 0 Å². The van der Waals surface area contributed by atoms with Crippen LogP contribution in [0.5, 0.6) is 0 Å². The normalized spacial score (nSPS) is 19.3. The second-order valence-corrected chi connectivity index (χ2v) is 5.93. The first-order chi connectivity index (χ1) is 10.1. The molecule has 0 aromatic carbocycles. The van der Waals surface area contributed by atoms with Gasteiger partial charge in [0.2, 0.25) is 11.8 Å². The summed E-state index contributed by atoms with van der Waals surface area (Å²) in [5.41, 5.74) is 0. The third kappa shape index (κ3) is 4.52. The van der Waals surface area contributed by atoms with E-state index >= 15 is 0 Å². The van der Waals surface area contributed by atoms with Gasteiger partial charge in [-0.2, -0.15) is 4.98 Å². The third-order valence-corrected chi connectivity index (χ3v) is 4.01. The molecule has 0 bridgehead atoms. The number of amides is 1. The first kappa shape index (κ1) is 15.9. The fourth-order valence-electron chi connectivity index (χ4n) is 2.69. The van der Waals surface area contributed by atoms with E-state index in [-0.39, 0.29) is 11.8 Å². The van der Waals surface area contributed by atoms with Gasteiger partial charge in [-0.1, -0.05) is 25.9 Å². The zero-order valence-electron chi connectivity index (χ0n) is 13.3. The molecule has 1 aromatic heterocycles. The molecule has 1 aliphatic rings. The number of likely N-dealkylation sites (tertiary alicyclic amines) is 1. The quantitative estimate of drug-likeness (QED) is 0.829.